The van der Waals surface area contributed by atoms with E-state index >= 15 is 0 Å². The topological polar surface area (TPSA) is 21.3 Å². The van der Waals surface area contributed by atoms with Crippen LogP contribution in [-0.4, -0.2) is 19.8 Å². The zero-order chi connectivity index (χ0) is 11.8. The quantitative estimate of drug-likeness (QED) is 0.740. The van der Waals surface area contributed by atoms with Crippen LogP contribution in [0, 0.1) is 5.82 Å². The zero-order valence-electron chi connectivity index (χ0n) is 9.43. The van der Waals surface area contributed by atoms with E-state index in [1.807, 2.05) is 0 Å². The molecule has 16 heavy (non-hydrogen) atoms. The van der Waals surface area contributed by atoms with Crippen molar-refractivity contribution in [1.29, 1.82) is 0 Å². The van der Waals surface area contributed by atoms with E-state index in [9.17, 15) is 4.39 Å². The van der Waals surface area contributed by atoms with E-state index in [-0.39, 0.29) is 5.82 Å². The average molecular weight is 246 g/mol. The van der Waals surface area contributed by atoms with Crippen LogP contribution in [0.25, 0.3) is 0 Å². The summed E-state index contributed by atoms with van der Waals surface area (Å²) in [5.74, 6) is -0.332. The van der Waals surface area contributed by atoms with Crippen LogP contribution in [0.15, 0.2) is 18.2 Å². The molecule has 0 bridgehead atoms. The van der Waals surface area contributed by atoms with Crippen molar-refractivity contribution in [2.45, 2.75) is 19.8 Å². The monoisotopic (exact) mass is 245 g/mol. The molecule has 2 nitrogen and oxygen atoms in total. The van der Waals surface area contributed by atoms with Gasteiger partial charge in [-0.1, -0.05) is 24.9 Å². The van der Waals surface area contributed by atoms with Gasteiger partial charge in [-0.3, -0.25) is 0 Å². The van der Waals surface area contributed by atoms with Gasteiger partial charge < -0.3 is 10.1 Å². The standard InChI is InChI=1S/C12H17ClFNO/c1-2-3-5-16-6-4-15-12-8-10(13)7-11(14)9-12/h7-9,15H,2-6H2,1H3. The predicted molar refractivity (Wildman–Crippen MR) is 65.6 cm³/mol. The Morgan fingerprint density at radius 3 is 2.81 bits per heavy atom. The molecule has 0 spiro atoms. The third-order valence-electron chi connectivity index (χ3n) is 2.08. The van der Waals surface area contributed by atoms with E-state index in [1.165, 1.54) is 12.1 Å². The lowest BCUT2D eigenvalue weighted by atomic mass is 10.3. The second-order valence-electron chi connectivity index (χ2n) is 3.55. The summed E-state index contributed by atoms with van der Waals surface area (Å²) in [6.45, 7) is 4.18. The Balaban J connectivity index is 2.21. The van der Waals surface area contributed by atoms with Gasteiger partial charge in [0, 0.05) is 23.9 Å². The molecule has 0 saturated heterocycles. The lowest BCUT2D eigenvalue weighted by Gasteiger charge is -2.07. The van der Waals surface area contributed by atoms with Gasteiger partial charge in [0.05, 0.1) is 6.61 Å². The van der Waals surface area contributed by atoms with E-state index < -0.39 is 0 Å². The van der Waals surface area contributed by atoms with Gasteiger partial charge in [0.1, 0.15) is 5.82 Å². The SMILES string of the molecule is CCCCOCCNc1cc(F)cc(Cl)c1. The molecule has 0 fully saturated rings. The van der Waals surface area contributed by atoms with Crippen LogP contribution in [0.4, 0.5) is 10.1 Å². The Kier molecular flexibility index (Phi) is 6.19. The minimum atomic E-state index is -0.332. The highest BCUT2D eigenvalue weighted by molar-refractivity contribution is 6.30. The number of benzene rings is 1. The lowest BCUT2D eigenvalue weighted by Crippen LogP contribution is -2.10. The van der Waals surface area contributed by atoms with Crippen molar-refractivity contribution in [3.8, 4) is 0 Å². The van der Waals surface area contributed by atoms with Gasteiger partial charge in [-0.15, -0.1) is 0 Å². The summed E-state index contributed by atoms with van der Waals surface area (Å²) in [5.41, 5.74) is 0.684. The summed E-state index contributed by atoms with van der Waals surface area (Å²) in [4.78, 5) is 0. The Morgan fingerprint density at radius 2 is 2.12 bits per heavy atom. The summed E-state index contributed by atoms with van der Waals surface area (Å²) in [6.07, 6.45) is 2.21. The zero-order valence-corrected chi connectivity index (χ0v) is 10.2. The molecule has 0 heterocycles. The lowest BCUT2D eigenvalue weighted by molar-refractivity contribution is 0.141. The third-order valence-corrected chi connectivity index (χ3v) is 2.30. The molecule has 0 aliphatic carbocycles. The summed E-state index contributed by atoms with van der Waals surface area (Å²) < 4.78 is 18.3. The first-order valence-corrected chi connectivity index (χ1v) is 5.88. The fourth-order valence-corrected chi connectivity index (χ4v) is 1.49. The normalized spacial score (nSPS) is 10.4. The first-order valence-electron chi connectivity index (χ1n) is 5.50. The van der Waals surface area contributed by atoms with Crippen LogP contribution in [0.2, 0.25) is 5.02 Å². The summed E-state index contributed by atoms with van der Waals surface area (Å²) in [6, 6.07) is 4.39. The van der Waals surface area contributed by atoms with E-state index in [0.717, 1.165) is 19.4 Å². The number of ether oxygens (including phenoxy) is 1. The summed E-state index contributed by atoms with van der Waals surface area (Å²) in [5, 5.41) is 3.45. The van der Waals surface area contributed by atoms with Gasteiger partial charge in [-0.2, -0.15) is 0 Å². The van der Waals surface area contributed by atoms with Gasteiger partial charge in [0.25, 0.3) is 0 Å². The number of hydrogen-bond donors (Lipinski definition) is 1. The highest BCUT2D eigenvalue weighted by Gasteiger charge is 1.98. The van der Waals surface area contributed by atoms with Crippen LogP contribution in [0.5, 0.6) is 0 Å². The van der Waals surface area contributed by atoms with Crippen LogP contribution >= 0.6 is 11.6 Å². The molecule has 0 aliphatic rings. The van der Waals surface area contributed by atoms with Gasteiger partial charge in [0.2, 0.25) is 0 Å². The molecule has 0 radical (unpaired) electrons. The molecule has 1 N–H and O–H groups in total. The minimum absolute atomic E-state index is 0.332. The number of halogens is 2. The van der Waals surface area contributed by atoms with Crippen LogP contribution in [0.1, 0.15) is 19.8 Å². The van der Waals surface area contributed by atoms with Gasteiger partial charge in [0.15, 0.2) is 0 Å². The molecule has 4 heteroatoms. The largest absolute Gasteiger partial charge is 0.383 e. The van der Waals surface area contributed by atoms with E-state index in [0.29, 0.717) is 23.9 Å². The van der Waals surface area contributed by atoms with Crippen molar-refractivity contribution >= 4 is 17.3 Å². The number of nitrogens with one attached hydrogen (secondary N) is 1. The van der Waals surface area contributed by atoms with Crippen molar-refractivity contribution < 1.29 is 9.13 Å². The molecule has 0 aliphatic heterocycles. The molecule has 0 amide bonds. The molecule has 0 atom stereocenters. The minimum Gasteiger partial charge on any atom is -0.383 e. The first-order chi connectivity index (χ1) is 7.72. The van der Waals surface area contributed by atoms with E-state index in [1.54, 1.807) is 6.07 Å². The maximum absolute atomic E-state index is 12.9. The maximum Gasteiger partial charge on any atom is 0.126 e. The molecular formula is C12H17ClFNO. The first kappa shape index (κ1) is 13.3. The third kappa shape index (κ3) is 5.33. The Bertz CT molecular complexity index is 300. The highest BCUT2D eigenvalue weighted by Crippen LogP contribution is 2.17. The average Bonchev–Trinajstić information content (AvgIpc) is 2.22. The second-order valence-corrected chi connectivity index (χ2v) is 3.99. The second kappa shape index (κ2) is 7.47. The predicted octanol–water partition coefficient (Wildman–Crippen LogP) is 3.71. The number of rotatable bonds is 7. The van der Waals surface area contributed by atoms with Gasteiger partial charge in [-0.25, -0.2) is 4.39 Å². The number of anilines is 1. The van der Waals surface area contributed by atoms with E-state index in [4.69, 9.17) is 16.3 Å². The molecule has 90 valence electrons. The molecule has 1 aromatic rings. The Labute approximate surface area is 101 Å². The van der Waals surface area contributed by atoms with Crippen LogP contribution in [-0.2, 0) is 4.74 Å². The summed E-state index contributed by atoms with van der Waals surface area (Å²) >= 11 is 5.72. The van der Waals surface area contributed by atoms with E-state index in [2.05, 4.69) is 12.2 Å². The molecule has 1 aromatic carbocycles. The van der Waals surface area contributed by atoms with Gasteiger partial charge >= 0.3 is 0 Å². The molecular weight excluding hydrogens is 229 g/mol. The maximum atomic E-state index is 12.9. The molecule has 0 saturated carbocycles. The van der Waals surface area contributed by atoms with Crippen LogP contribution < -0.4 is 5.32 Å². The Morgan fingerprint density at radius 1 is 1.31 bits per heavy atom. The molecule has 0 unspecified atom stereocenters. The summed E-state index contributed by atoms with van der Waals surface area (Å²) in [7, 11) is 0. The van der Waals surface area contributed by atoms with Crippen molar-refractivity contribution in [2.75, 3.05) is 25.1 Å². The fraction of sp³-hybridized carbons (Fsp3) is 0.500. The fourth-order valence-electron chi connectivity index (χ4n) is 1.27. The van der Waals surface area contributed by atoms with Crippen molar-refractivity contribution in [2.24, 2.45) is 0 Å². The molecule has 1 rings (SSSR count). The highest BCUT2D eigenvalue weighted by atomic mass is 35.5. The smallest absolute Gasteiger partial charge is 0.126 e. The van der Waals surface area contributed by atoms with Crippen molar-refractivity contribution in [3.05, 3.63) is 29.0 Å². The van der Waals surface area contributed by atoms with Gasteiger partial charge in [-0.05, 0) is 24.6 Å². The Hall–Kier alpha value is -0.800. The molecule has 0 aromatic heterocycles. The van der Waals surface area contributed by atoms with Crippen molar-refractivity contribution in [3.63, 3.8) is 0 Å². The number of unbranched alkanes of at least 4 members (excludes halogenated alkanes) is 1. The number of hydrogen-bond acceptors (Lipinski definition) is 2. The van der Waals surface area contributed by atoms with Crippen LogP contribution in [0.3, 0.4) is 0 Å². The van der Waals surface area contributed by atoms with Crippen molar-refractivity contribution in [1.82, 2.24) is 0 Å².